The van der Waals surface area contributed by atoms with Crippen LogP contribution < -0.4 is 4.90 Å². The minimum Gasteiger partial charge on any atom is -0.353 e. The Morgan fingerprint density at radius 1 is 1.26 bits per heavy atom. The molecule has 0 aromatic carbocycles. The lowest BCUT2D eigenvalue weighted by molar-refractivity contribution is 0.847. The van der Waals surface area contributed by atoms with Crippen molar-refractivity contribution >= 4 is 29.0 Å². The van der Waals surface area contributed by atoms with Crippen molar-refractivity contribution in [3.8, 4) is 0 Å². The number of aryl methyl sites for hydroxylation is 1. The zero-order valence-corrected chi connectivity index (χ0v) is 12.3. The summed E-state index contributed by atoms with van der Waals surface area (Å²) in [6.07, 6.45) is 1.44. The van der Waals surface area contributed by atoms with E-state index in [0.717, 1.165) is 22.8 Å². The molecule has 2 rings (SSSR count). The van der Waals surface area contributed by atoms with Gasteiger partial charge in [-0.15, -0.1) is 11.6 Å². The summed E-state index contributed by atoms with van der Waals surface area (Å²) in [7, 11) is 1.93. The van der Waals surface area contributed by atoms with Gasteiger partial charge in [0.2, 0.25) is 0 Å². The monoisotopic (exact) mass is 296 g/mol. The number of hydrogen-bond donors (Lipinski definition) is 0. The van der Waals surface area contributed by atoms with Gasteiger partial charge in [0.1, 0.15) is 17.3 Å². The molecule has 0 fully saturated rings. The third kappa shape index (κ3) is 3.33. The maximum absolute atomic E-state index is 6.02. The van der Waals surface area contributed by atoms with E-state index in [1.54, 1.807) is 0 Å². The first-order valence-corrected chi connectivity index (χ1v) is 6.72. The summed E-state index contributed by atoms with van der Waals surface area (Å²) < 4.78 is 0. The lowest BCUT2D eigenvalue weighted by Crippen LogP contribution is -2.20. The fourth-order valence-corrected chi connectivity index (χ4v) is 2.34. The molecule has 4 nitrogen and oxygen atoms in total. The number of alkyl halides is 1. The molecule has 0 spiro atoms. The SMILES string of the molecule is Cc1cccc(CN(C)c2ncnc(Cl)c2CCl)n1. The summed E-state index contributed by atoms with van der Waals surface area (Å²) in [6, 6.07) is 5.93. The molecule has 0 saturated carbocycles. The molecule has 6 heteroatoms. The number of nitrogens with zero attached hydrogens (tertiary/aromatic N) is 4. The van der Waals surface area contributed by atoms with E-state index in [4.69, 9.17) is 23.2 Å². The van der Waals surface area contributed by atoms with E-state index in [2.05, 4.69) is 15.0 Å². The smallest absolute Gasteiger partial charge is 0.138 e. The summed E-state index contributed by atoms with van der Waals surface area (Å²) in [5, 5.41) is 0.393. The van der Waals surface area contributed by atoms with Crippen molar-refractivity contribution in [2.45, 2.75) is 19.3 Å². The van der Waals surface area contributed by atoms with E-state index in [1.807, 2.05) is 37.1 Å². The van der Waals surface area contributed by atoms with Gasteiger partial charge in [0, 0.05) is 18.3 Å². The van der Waals surface area contributed by atoms with Crippen LogP contribution in [0.3, 0.4) is 0 Å². The van der Waals surface area contributed by atoms with Gasteiger partial charge in [-0.3, -0.25) is 4.98 Å². The van der Waals surface area contributed by atoms with Crippen LogP contribution in [0.2, 0.25) is 5.15 Å². The Balaban J connectivity index is 2.25. The van der Waals surface area contributed by atoms with Crippen molar-refractivity contribution in [2.75, 3.05) is 11.9 Å². The molecule has 0 unspecified atom stereocenters. The van der Waals surface area contributed by atoms with Crippen LogP contribution >= 0.6 is 23.2 Å². The van der Waals surface area contributed by atoms with E-state index in [9.17, 15) is 0 Å². The van der Waals surface area contributed by atoms with Gasteiger partial charge >= 0.3 is 0 Å². The standard InChI is InChI=1S/C13H14Cl2N4/c1-9-4-3-5-10(18-9)7-19(2)13-11(6-14)12(15)16-8-17-13/h3-5,8H,6-7H2,1-2H3. The van der Waals surface area contributed by atoms with Crippen molar-refractivity contribution in [3.63, 3.8) is 0 Å². The number of hydrogen-bond acceptors (Lipinski definition) is 4. The molecular formula is C13H14Cl2N4. The van der Waals surface area contributed by atoms with Gasteiger partial charge in [0.25, 0.3) is 0 Å². The third-order valence-corrected chi connectivity index (χ3v) is 3.30. The third-order valence-electron chi connectivity index (χ3n) is 2.71. The minimum absolute atomic E-state index is 0.278. The van der Waals surface area contributed by atoms with Crippen LogP contribution in [0, 0.1) is 6.92 Å². The molecule has 0 bridgehead atoms. The maximum atomic E-state index is 6.02. The molecule has 2 heterocycles. The molecule has 0 saturated heterocycles. The normalized spacial score (nSPS) is 10.5. The van der Waals surface area contributed by atoms with Gasteiger partial charge in [0.15, 0.2) is 0 Å². The Bertz CT molecular complexity index is 574. The molecule has 0 radical (unpaired) electrons. The molecule has 2 aromatic rings. The fourth-order valence-electron chi connectivity index (χ4n) is 1.83. The van der Waals surface area contributed by atoms with Crippen LogP contribution in [0.15, 0.2) is 24.5 Å². The maximum Gasteiger partial charge on any atom is 0.138 e. The predicted molar refractivity (Wildman–Crippen MR) is 77.7 cm³/mol. The van der Waals surface area contributed by atoms with Crippen molar-refractivity contribution < 1.29 is 0 Å². The average Bonchev–Trinajstić information content (AvgIpc) is 2.38. The average molecular weight is 297 g/mol. The lowest BCUT2D eigenvalue weighted by atomic mass is 10.2. The topological polar surface area (TPSA) is 41.9 Å². The van der Waals surface area contributed by atoms with Crippen LogP contribution in [0.25, 0.3) is 0 Å². The lowest BCUT2D eigenvalue weighted by Gasteiger charge is -2.20. The molecule has 0 aliphatic heterocycles. The highest BCUT2D eigenvalue weighted by Gasteiger charge is 2.13. The number of pyridine rings is 1. The summed E-state index contributed by atoms with van der Waals surface area (Å²) in [5.74, 6) is 1.01. The van der Waals surface area contributed by atoms with E-state index in [0.29, 0.717) is 11.7 Å². The Hall–Kier alpha value is -1.39. The summed E-state index contributed by atoms with van der Waals surface area (Å²) in [4.78, 5) is 14.6. The van der Waals surface area contributed by atoms with Gasteiger partial charge < -0.3 is 4.90 Å². The van der Waals surface area contributed by atoms with E-state index < -0.39 is 0 Å². The van der Waals surface area contributed by atoms with Gasteiger partial charge in [0.05, 0.1) is 18.1 Å². The number of aromatic nitrogens is 3. The van der Waals surface area contributed by atoms with Crippen molar-refractivity contribution in [1.82, 2.24) is 15.0 Å². The Kier molecular flexibility index (Phi) is 4.56. The van der Waals surface area contributed by atoms with E-state index >= 15 is 0 Å². The molecule has 0 N–H and O–H groups in total. The zero-order chi connectivity index (χ0) is 13.8. The van der Waals surface area contributed by atoms with E-state index in [1.165, 1.54) is 6.33 Å². The molecule has 0 aliphatic carbocycles. The Morgan fingerprint density at radius 3 is 2.74 bits per heavy atom. The molecule has 0 aliphatic rings. The Morgan fingerprint density at radius 2 is 2.05 bits per heavy atom. The van der Waals surface area contributed by atoms with Crippen molar-refractivity contribution in [3.05, 3.63) is 46.6 Å². The van der Waals surface area contributed by atoms with Crippen LogP contribution in [0.4, 0.5) is 5.82 Å². The van der Waals surface area contributed by atoms with Gasteiger partial charge in [-0.05, 0) is 19.1 Å². The fraction of sp³-hybridized carbons (Fsp3) is 0.308. The first-order valence-electron chi connectivity index (χ1n) is 5.81. The van der Waals surface area contributed by atoms with Crippen LogP contribution in [0.5, 0.6) is 0 Å². The molecule has 0 amide bonds. The quantitative estimate of drug-likeness (QED) is 0.642. The predicted octanol–water partition coefficient (Wildman–Crippen LogP) is 3.21. The number of rotatable bonds is 4. The van der Waals surface area contributed by atoms with Crippen molar-refractivity contribution in [2.24, 2.45) is 0 Å². The second kappa shape index (κ2) is 6.17. The highest BCUT2D eigenvalue weighted by atomic mass is 35.5. The second-order valence-corrected chi connectivity index (χ2v) is 4.85. The molecule has 100 valence electrons. The van der Waals surface area contributed by atoms with Crippen LogP contribution in [-0.2, 0) is 12.4 Å². The minimum atomic E-state index is 0.278. The van der Waals surface area contributed by atoms with Gasteiger partial charge in [-0.1, -0.05) is 17.7 Å². The summed E-state index contributed by atoms with van der Waals surface area (Å²) in [6.45, 7) is 2.61. The highest BCUT2D eigenvalue weighted by molar-refractivity contribution is 6.31. The largest absolute Gasteiger partial charge is 0.353 e. The second-order valence-electron chi connectivity index (χ2n) is 4.23. The number of halogens is 2. The summed E-state index contributed by atoms with van der Waals surface area (Å²) >= 11 is 11.9. The van der Waals surface area contributed by atoms with Crippen LogP contribution in [-0.4, -0.2) is 22.0 Å². The van der Waals surface area contributed by atoms with Gasteiger partial charge in [-0.25, -0.2) is 9.97 Å². The summed E-state index contributed by atoms with van der Waals surface area (Å²) in [5.41, 5.74) is 2.70. The van der Waals surface area contributed by atoms with Crippen molar-refractivity contribution in [1.29, 1.82) is 0 Å². The molecule has 0 atom stereocenters. The van der Waals surface area contributed by atoms with Crippen LogP contribution in [0.1, 0.15) is 17.0 Å². The van der Waals surface area contributed by atoms with E-state index in [-0.39, 0.29) is 5.88 Å². The molecule has 19 heavy (non-hydrogen) atoms. The first-order chi connectivity index (χ1) is 9.11. The zero-order valence-electron chi connectivity index (χ0n) is 10.8. The highest BCUT2D eigenvalue weighted by Crippen LogP contribution is 2.25. The number of anilines is 1. The Labute approximate surface area is 122 Å². The van der Waals surface area contributed by atoms with Gasteiger partial charge in [-0.2, -0.15) is 0 Å². The molecule has 2 aromatic heterocycles. The molecular weight excluding hydrogens is 283 g/mol. The first kappa shape index (κ1) is 14.0.